The molecule has 0 spiro atoms. The number of halogens is 3. The van der Waals surface area contributed by atoms with Gasteiger partial charge in [-0.1, -0.05) is 6.42 Å². The summed E-state index contributed by atoms with van der Waals surface area (Å²) in [5.41, 5.74) is 1.47. The van der Waals surface area contributed by atoms with E-state index in [1.807, 2.05) is 25.1 Å². The van der Waals surface area contributed by atoms with Gasteiger partial charge in [0.15, 0.2) is 0 Å². The van der Waals surface area contributed by atoms with Crippen LogP contribution in [0.1, 0.15) is 36.0 Å². The van der Waals surface area contributed by atoms with E-state index in [0.29, 0.717) is 18.5 Å². The number of rotatable bonds is 9. The number of hydrogen-bond acceptors (Lipinski definition) is 4. The van der Waals surface area contributed by atoms with Gasteiger partial charge in [-0.2, -0.15) is 0 Å². The van der Waals surface area contributed by atoms with E-state index < -0.39 is 0 Å². The third-order valence-corrected chi connectivity index (χ3v) is 6.09. The van der Waals surface area contributed by atoms with Crippen molar-refractivity contribution >= 4 is 91.7 Å². The SMILES string of the molecule is COC(=O)CCCCCNC(=O)c1c(I)cc(I)c(N=CN(C)C)c1I. The molecule has 0 heterocycles. The van der Waals surface area contributed by atoms with E-state index in [-0.39, 0.29) is 11.9 Å². The normalized spacial score (nSPS) is 10.8. The Morgan fingerprint density at radius 1 is 1.19 bits per heavy atom. The van der Waals surface area contributed by atoms with Crippen LogP contribution < -0.4 is 5.32 Å². The van der Waals surface area contributed by atoms with E-state index in [1.165, 1.54) is 7.11 Å². The molecule has 0 aliphatic carbocycles. The van der Waals surface area contributed by atoms with Gasteiger partial charge in [-0.25, -0.2) is 4.99 Å². The van der Waals surface area contributed by atoms with Crippen LogP contribution in [0.25, 0.3) is 0 Å². The molecule has 9 heteroatoms. The minimum Gasteiger partial charge on any atom is -0.469 e. The van der Waals surface area contributed by atoms with E-state index in [2.05, 4.69) is 82.8 Å². The Labute approximate surface area is 195 Å². The van der Waals surface area contributed by atoms with Crippen LogP contribution in [-0.4, -0.2) is 50.9 Å². The molecule has 0 radical (unpaired) electrons. The number of carbonyl (C=O) groups is 2. The number of nitrogens with zero attached hydrogens (tertiary/aromatic N) is 2. The Bertz CT molecular complexity index is 679. The molecule has 0 bridgehead atoms. The fourth-order valence-electron chi connectivity index (χ4n) is 2.04. The summed E-state index contributed by atoms with van der Waals surface area (Å²) in [5, 5.41) is 2.96. The minimum atomic E-state index is -0.192. The second-order valence-electron chi connectivity index (χ2n) is 5.73. The van der Waals surface area contributed by atoms with Crippen molar-refractivity contribution in [1.82, 2.24) is 10.2 Å². The summed E-state index contributed by atoms with van der Waals surface area (Å²) >= 11 is 6.61. The summed E-state index contributed by atoms with van der Waals surface area (Å²) < 4.78 is 7.37. The molecule has 1 N–H and O–H groups in total. The fourth-order valence-corrected chi connectivity index (χ4v) is 6.18. The Balaban J connectivity index is 2.71. The predicted octanol–water partition coefficient (Wildman–Crippen LogP) is 4.19. The number of aliphatic imine (C=N–C) groups is 1. The highest BCUT2D eigenvalue weighted by atomic mass is 127. The van der Waals surface area contributed by atoms with Crippen LogP contribution in [0.3, 0.4) is 0 Å². The van der Waals surface area contributed by atoms with Crippen LogP contribution in [0.2, 0.25) is 0 Å². The Kier molecular flexibility index (Phi) is 11.3. The van der Waals surface area contributed by atoms with E-state index in [4.69, 9.17) is 0 Å². The Morgan fingerprint density at radius 2 is 1.88 bits per heavy atom. The largest absolute Gasteiger partial charge is 0.469 e. The van der Waals surface area contributed by atoms with Crippen molar-refractivity contribution in [2.24, 2.45) is 4.99 Å². The van der Waals surface area contributed by atoms with Crippen molar-refractivity contribution in [3.05, 3.63) is 22.3 Å². The number of unbranched alkanes of at least 4 members (excludes halogenated alkanes) is 2. The first-order valence-electron chi connectivity index (χ1n) is 8.01. The molecule has 0 aliphatic heterocycles. The monoisotopic (exact) mass is 697 g/mol. The molecule has 0 aromatic heterocycles. The fraction of sp³-hybridized carbons (Fsp3) is 0.471. The van der Waals surface area contributed by atoms with Gasteiger partial charge in [0.05, 0.1) is 28.3 Å². The quantitative estimate of drug-likeness (QED) is 0.138. The van der Waals surface area contributed by atoms with Gasteiger partial charge < -0.3 is 15.0 Å². The van der Waals surface area contributed by atoms with E-state index >= 15 is 0 Å². The van der Waals surface area contributed by atoms with Gasteiger partial charge in [0.1, 0.15) is 0 Å². The Hall–Kier alpha value is -0.180. The molecule has 6 nitrogen and oxygen atoms in total. The van der Waals surface area contributed by atoms with Crippen molar-refractivity contribution in [3.8, 4) is 0 Å². The maximum Gasteiger partial charge on any atom is 0.305 e. The lowest BCUT2D eigenvalue weighted by Gasteiger charge is -2.13. The molecule has 144 valence electrons. The van der Waals surface area contributed by atoms with Crippen LogP contribution in [0.4, 0.5) is 5.69 Å². The molecule has 0 unspecified atom stereocenters. The third-order valence-electron chi connectivity index (χ3n) is 3.36. The smallest absolute Gasteiger partial charge is 0.305 e. The predicted molar refractivity (Wildman–Crippen MR) is 129 cm³/mol. The zero-order chi connectivity index (χ0) is 19.7. The lowest BCUT2D eigenvalue weighted by atomic mass is 10.1. The number of benzene rings is 1. The number of nitrogens with one attached hydrogen (secondary N) is 1. The average molecular weight is 697 g/mol. The van der Waals surface area contributed by atoms with E-state index in [1.54, 1.807) is 6.34 Å². The maximum absolute atomic E-state index is 12.6. The van der Waals surface area contributed by atoms with E-state index in [9.17, 15) is 9.59 Å². The van der Waals surface area contributed by atoms with Crippen molar-refractivity contribution in [2.45, 2.75) is 25.7 Å². The number of carbonyl (C=O) groups excluding carboxylic acids is 2. The van der Waals surface area contributed by atoms with Gasteiger partial charge in [0, 0.05) is 34.2 Å². The second kappa shape index (κ2) is 12.3. The molecule has 1 amide bonds. The van der Waals surface area contributed by atoms with E-state index in [0.717, 1.165) is 35.7 Å². The standard InChI is InChI=1S/C17H22I3N3O3/c1-23(2)10-22-16-12(19)9-11(18)14(15(16)20)17(25)21-8-6-4-5-7-13(24)26-3/h9-10H,4-8H2,1-3H3,(H,21,25). The molecule has 0 saturated carbocycles. The molecule has 1 aromatic rings. The van der Waals surface area contributed by atoms with Gasteiger partial charge >= 0.3 is 5.97 Å². The van der Waals surface area contributed by atoms with Gasteiger partial charge in [0.25, 0.3) is 5.91 Å². The molecule has 0 fully saturated rings. The molecule has 0 atom stereocenters. The summed E-state index contributed by atoms with van der Waals surface area (Å²) in [6, 6.07) is 1.97. The lowest BCUT2D eigenvalue weighted by Crippen LogP contribution is -2.26. The number of methoxy groups -OCH3 is 1. The maximum atomic E-state index is 12.6. The molecule has 1 rings (SSSR count). The van der Waals surface area contributed by atoms with Crippen LogP contribution >= 0.6 is 67.8 Å². The van der Waals surface area contributed by atoms with Crippen molar-refractivity contribution < 1.29 is 14.3 Å². The van der Waals surface area contributed by atoms with Crippen LogP contribution in [0.15, 0.2) is 11.1 Å². The first kappa shape index (κ1) is 23.9. The number of amides is 1. The zero-order valence-electron chi connectivity index (χ0n) is 14.9. The van der Waals surface area contributed by atoms with Crippen molar-refractivity contribution in [1.29, 1.82) is 0 Å². The highest BCUT2D eigenvalue weighted by Gasteiger charge is 2.19. The molecule has 26 heavy (non-hydrogen) atoms. The average Bonchev–Trinajstić information content (AvgIpc) is 2.56. The molecular weight excluding hydrogens is 675 g/mol. The third kappa shape index (κ3) is 7.82. The number of esters is 1. The number of hydrogen-bond donors (Lipinski definition) is 1. The first-order valence-corrected chi connectivity index (χ1v) is 11.2. The summed E-state index contributed by atoms with van der Waals surface area (Å²) in [7, 11) is 5.21. The minimum absolute atomic E-state index is 0.0931. The molecule has 0 saturated heterocycles. The first-order chi connectivity index (χ1) is 12.3. The summed E-state index contributed by atoms with van der Waals surface area (Å²) in [6.07, 6.45) is 4.62. The lowest BCUT2D eigenvalue weighted by molar-refractivity contribution is -0.140. The number of ether oxygens (including phenoxy) is 1. The van der Waals surface area contributed by atoms with Gasteiger partial charge in [-0.05, 0) is 86.7 Å². The van der Waals surface area contributed by atoms with Crippen LogP contribution in [-0.2, 0) is 9.53 Å². The second-order valence-corrected chi connectivity index (χ2v) is 9.13. The summed E-state index contributed by atoms with van der Waals surface area (Å²) in [4.78, 5) is 30.0. The van der Waals surface area contributed by atoms with Gasteiger partial charge in [-0.3, -0.25) is 9.59 Å². The zero-order valence-corrected chi connectivity index (χ0v) is 21.4. The van der Waals surface area contributed by atoms with Crippen molar-refractivity contribution in [3.63, 3.8) is 0 Å². The summed E-state index contributed by atoms with van der Waals surface area (Å²) in [6.45, 7) is 0.578. The Morgan fingerprint density at radius 3 is 2.50 bits per heavy atom. The molecular formula is C17H22I3N3O3. The highest BCUT2D eigenvalue weighted by molar-refractivity contribution is 14.1. The molecule has 1 aromatic carbocycles. The van der Waals surface area contributed by atoms with Gasteiger partial charge in [-0.15, -0.1) is 0 Å². The topological polar surface area (TPSA) is 71.0 Å². The van der Waals surface area contributed by atoms with Crippen molar-refractivity contribution in [2.75, 3.05) is 27.7 Å². The van der Waals surface area contributed by atoms with Crippen LogP contribution in [0, 0.1) is 10.7 Å². The van der Waals surface area contributed by atoms with Gasteiger partial charge in [0.2, 0.25) is 0 Å². The summed E-state index contributed by atoms with van der Waals surface area (Å²) in [5.74, 6) is -0.285. The molecule has 0 aliphatic rings. The highest BCUT2D eigenvalue weighted by Crippen LogP contribution is 2.33. The van der Waals surface area contributed by atoms with Crippen LogP contribution in [0.5, 0.6) is 0 Å².